The molecule has 0 heterocycles. The Kier molecular flexibility index (Phi) is 6.64. The minimum atomic E-state index is -0.654. The number of nitrogens with zero attached hydrogens (tertiary/aromatic N) is 3. The summed E-state index contributed by atoms with van der Waals surface area (Å²) in [5.74, 6) is 0.106. The van der Waals surface area contributed by atoms with Crippen LogP contribution in [0.3, 0.4) is 0 Å². The number of rotatable bonds is 7. The molecule has 0 aliphatic carbocycles. The monoisotopic (exact) mass is 427 g/mol. The summed E-state index contributed by atoms with van der Waals surface area (Å²) in [5.41, 5.74) is 0.582. The molecule has 0 unspecified atom stereocenters. The largest absolute Gasteiger partial charge is 0.494 e. The summed E-state index contributed by atoms with van der Waals surface area (Å²) >= 11 is 0. The lowest BCUT2D eigenvalue weighted by atomic mass is 10.1. The van der Waals surface area contributed by atoms with Gasteiger partial charge in [-0.05, 0) is 37.3 Å². The van der Waals surface area contributed by atoms with Crippen LogP contribution in [0.1, 0.15) is 28.4 Å². The summed E-state index contributed by atoms with van der Waals surface area (Å²) in [6, 6.07) is 19.3. The van der Waals surface area contributed by atoms with Gasteiger partial charge in [0.1, 0.15) is 23.6 Å². The van der Waals surface area contributed by atoms with Gasteiger partial charge in [0.25, 0.3) is 11.6 Å². The Bertz CT molecular complexity index is 1260. The van der Waals surface area contributed by atoms with Crippen LogP contribution in [0.4, 0.5) is 22.7 Å². The Morgan fingerprint density at radius 3 is 2.31 bits per heavy atom. The van der Waals surface area contributed by atoms with Crippen LogP contribution in [0.15, 0.2) is 60.7 Å². The van der Waals surface area contributed by atoms with Gasteiger partial charge < -0.3 is 15.4 Å². The average molecular weight is 427 g/mol. The van der Waals surface area contributed by atoms with Gasteiger partial charge >= 0.3 is 0 Å². The van der Waals surface area contributed by atoms with E-state index in [2.05, 4.69) is 10.6 Å². The molecule has 158 valence electrons. The number of amides is 1. The van der Waals surface area contributed by atoms with Gasteiger partial charge in [-0.25, -0.2) is 0 Å². The Labute approximate surface area is 183 Å². The van der Waals surface area contributed by atoms with Crippen molar-refractivity contribution >= 4 is 28.7 Å². The number of carbonyl (C=O) groups is 1. The smallest absolute Gasteiger partial charge is 0.294 e. The molecule has 3 rings (SSSR count). The molecule has 0 spiro atoms. The number of hydrogen-bond donors (Lipinski definition) is 2. The predicted molar refractivity (Wildman–Crippen MR) is 118 cm³/mol. The molecule has 0 bridgehead atoms. The van der Waals surface area contributed by atoms with Crippen LogP contribution < -0.4 is 15.4 Å². The number of nitriles is 2. The van der Waals surface area contributed by atoms with Gasteiger partial charge in [0.15, 0.2) is 0 Å². The second-order valence-corrected chi connectivity index (χ2v) is 6.48. The summed E-state index contributed by atoms with van der Waals surface area (Å²) in [5, 5.41) is 35.7. The molecule has 32 heavy (non-hydrogen) atoms. The molecule has 0 aliphatic heterocycles. The van der Waals surface area contributed by atoms with Crippen molar-refractivity contribution in [2.45, 2.75) is 6.92 Å². The van der Waals surface area contributed by atoms with Gasteiger partial charge in [0.05, 0.1) is 34.0 Å². The molecule has 0 aromatic heterocycles. The van der Waals surface area contributed by atoms with E-state index in [-0.39, 0.29) is 28.4 Å². The highest BCUT2D eigenvalue weighted by molar-refractivity contribution is 6.06. The third kappa shape index (κ3) is 4.81. The third-order valence-corrected chi connectivity index (χ3v) is 4.43. The van der Waals surface area contributed by atoms with E-state index in [1.54, 1.807) is 54.6 Å². The normalized spacial score (nSPS) is 9.84. The van der Waals surface area contributed by atoms with Gasteiger partial charge in [-0.3, -0.25) is 14.9 Å². The Morgan fingerprint density at radius 2 is 1.69 bits per heavy atom. The van der Waals surface area contributed by atoms with Crippen molar-refractivity contribution in [1.29, 1.82) is 10.5 Å². The molecule has 0 saturated carbocycles. The van der Waals surface area contributed by atoms with Crippen LogP contribution in [0.2, 0.25) is 0 Å². The van der Waals surface area contributed by atoms with Crippen molar-refractivity contribution in [3.05, 3.63) is 87.5 Å². The highest BCUT2D eigenvalue weighted by Crippen LogP contribution is 2.35. The van der Waals surface area contributed by atoms with E-state index in [1.807, 2.05) is 13.0 Å². The van der Waals surface area contributed by atoms with E-state index >= 15 is 0 Å². The van der Waals surface area contributed by atoms with E-state index in [0.29, 0.717) is 29.3 Å². The summed E-state index contributed by atoms with van der Waals surface area (Å²) in [6.45, 7) is 2.20. The van der Waals surface area contributed by atoms with Gasteiger partial charge in [0.2, 0.25) is 0 Å². The van der Waals surface area contributed by atoms with Crippen LogP contribution in [0.25, 0.3) is 0 Å². The van der Waals surface area contributed by atoms with E-state index in [1.165, 1.54) is 6.07 Å². The van der Waals surface area contributed by atoms with Gasteiger partial charge in [-0.15, -0.1) is 0 Å². The standard InChI is InChI=1S/C23H17N5O4/c1-2-32-18-8-9-19(27-23(29)15-6-4-3-5-7-15)20(12-18)26-21-10-16(13-24)17(14-25)11-22(21)28(30)31/h3-12,26H,2H2,1H3,(H,27,29). The SMILES string of the molecule is CCOc1ccc(NC(=O)c2ccccc2)c(Nc2cc(C#N)c(C#N)cc2[N+](=O)[O-])c1. The molecule has 0 radical (unpaired) electrons. The highest BCUT2D eigenvalue weighted by Gasteiger charge is 2.20. The molecule has 9 nitrogen and oxygen atoms in total. The molecule has 9 heteroatoms. The zero-order valence-corrected chi connectivity index (χ0v) is 17.0. The number of benzene rings is 3. The number of hydrogen-bond acceptors (Lipinski definition) is 7. The number of nitrogens with one attached hydrogen (secondary N) is 2. The first kappa shape index (κ1) is 21.8. The van der Waals surface area contributed by atoms with Gasteiger partial charge in [-0.2, -0.15) is 10.5 Å². The average Bonchev–Trinajstić information content (AvgIpc) is 2.80. The van der Waals surface area contributed by atoms with Crippen molar-refractivity contribution in [3.8, 4) is 17.9 Å². The highest BCUT2D eigenvalue weighted by atomic mass is 16.6. The Balaban J connectivity index is 2.06. The number of anilines is 3. The lowest BCUT2D eigenvalue weighted by molar-refractivity contribution is -0.383. The second kappa shape index (κ2) is 9.74. The molecule has 3 aromatic rings. The minimum Gasteiger partial charge on any atom is -0.494 e. The lowest BCUT2D eigenvalue weighted by Crippen LogP contribution is -2.13. The fraction of sp³-hybridized carbons (Fsp3) is 0.0870. The predicted octanol–water partition coefficient (Wildman–Crippen LogP) is 4.73. The van der Waals surface area contributed by atoms with Crippen molar-refractivity contribution in [1.82, 2.24) is 0 Å². The quantitative estimate of drug-likeness (QED) is 0.410. The molecule has 1 amide bonds. The number of nitro groups is 1. The van der Waals surface area contributed by atoms with Crippen molar-refractivity contribution < 1.29 is 14.5 Å². The zero-order chi connectivity index (χ0) is 23.1. The van der Waals surface area contributed by atoms with E-state index in [0.717, 1.165) is 6.07 Å². The molecular formula is C23H17N5O4. The fourth-order valence-corrected chi connectivity index (χ4v) is 2.95. The minimum absolute atomic E-state index is 0.00518. The third-order valence-electron chi connectivity index (χ3n) is 4.43. The fourth-order valence-electron chi connectivity index (χ4n) is 2.95. The van der Waals surface area contributed by atoms with E-state index < -0.39 is 4.92 Å². The Morgan fingerprint density at radius 1 is 1.00 bits per heavy atom. The first-order chi connectivity index (χ1) is 15.5. The first-order valence-electron chi connectivity index (χ1n) is 9.49. The first-order valence-corrected chi connectivity index (χ1v) is 9.49. The van der Waals surface area contributed by atoms with Gasteiger partial charge in [0, 0.05) is 17.7 Å². The zero-order valence-electron chi connectivity index (χ0n) is 17.0. The van der Waals surface area contributed by atoms with Crippen molar-refractivity contribution in [2.24, 2.45) is 0 Å². The molecule has 0 fully saturated rings. The molecular weight excluding hydrogens is 410 g/mol. The number of carbonyl (C=O) groups excluding carboxylic acids is 1. The number of nitro benzene ring substituents is 1. The molecule has 0 atom stereocenters. The lowest BCUT2D eigenvalue weighted by Gasteiger charge is -2.16. The summed E-state index contributed by atoms with van der Waals surface area (Å²) in [4.78, 5) is 23.6. The summed E-state index contributed by atoms with van der Waals surface area (Å²) < 4.78 is 5.51. The maximum Gasteiger partial charge on any atom is 0.294 e. The van der Waals surface area contributed by atoms with E-state index in [4.69, 9.17) is 4.74 Å². The molecule has 3 aromatic carbocycles. The maximum atomic E-state index is 12.6. The van der Waals surface area contributed by atoms with E-state index in [9.17, 15) is 25.4 Å². The molecule has 0 aliphatic rings. The molecule has 2 N–H and O–H groups in total. The summed E-state index contributed by atoms with van der Waals surface area (Å²) in [6.07, 6.45) is 0. The topological polar surface area (TPSA) is 141 Å². The summed E-state index contributed by atoms with van der Waals surface area (Å²) in [7, 11) is 0. The second-order valence-electron chi connectivity index (χ2n) is 6.48. The molecule has 0 saturated heterocycles. The van der Waals surface area contributed by atoms with Crippen LogP contribution in [0, 0.1) is 32.8 Å². The van der Waals surface area contributed by atoms with Crippen molar-refractivity contribution in [3.63, 3.8) is 0 Å². The van der Waals surface area contributed by atoms with Crippen molar-refractivity contribution in [2.75, 3.05) is 17.2 Å². The van der Waals surface area contributed by atoms with Crippen LogP contribution in [0.5, 0.6) is 5.75 Å². The Hall–Kier alpha value is -4.89. The van der Waals surface area contributed by atoms with Crippen LogP contribution in [-0.2, 0) is 0 Å². The maximum absolute atomic E-state index is 12.6. The van der Waals surface area contributed by atoms with Gasteiger partial charge in [-0.1, -0.05) is 18.2 Å². The van der Waals surface area contributed by atoms with Crippen LogP contribution >= 0.6 is 0 Å². The van der Waals surface area contributed by atoms with Crippen LogP contribution in [-0.4, -0.2) is 17.4 Å². The number of ether oxygens (including phenoxy) is 1.